The van der Waals surface area contributed by atoms with Crippen molar-refractivity contribution >= 4 is 34.0 Å². The second-order valence-corrected chi connectivity index (χ2v) is 11.2. The Balaban J connectivity index is 1.28. The van der Waals surface area contributed by atoms with Gasteiger partial charge < -0.3 is 9.54 Å². The first kappa shape index (κ1) is 27.7. The lowest BCUT2D eigenvalue weighted by atomic mass is 10.0. The number of hydrogen-bond acceptors (Lipinski definition) is 7. The zero-order chi connectivity index (χ0) is 27.2. The van der Waals surface area contributed by atoms with Crippen LogP contribution in [0.3, 0.4) is 0 Å². The van der Waals surface area contributed by atoms with E-state index in [9.17, 15) is 13.6 Å². The normalized spacial score (nSPS) is 19.2. The quantitative estimate of drug-likeness (QED) is 0.146. The summed E-state index contributed by atoms with van der Waals surface area (Å²) in [5.74, 6) is -0.426. The Morgan fingerprint density at radius 2 is 1.95 bits per heavy atom. The van der Waals surface area contributed by atoms with Crippen molar-refractivity contribution in [3.8, 4) is 0 Å². The van der Waals surface area contributed by atoms with E-state index in [1.54, 1.807) is 11.6 Å². The van der Waals surface area contributed by atoms with E-state index in [1.165, 1.54) is 28.2 Å². The zero-order valence-corrected chi connectivity index (χ0v) is 22.9. The third kappa shape index (κ3) is 7.02. The summed E-state index contributed by atoms with van der Waals surface area (Å²) in [7, 11) is 0. The van der Waals surface area contributed by atoms with Crippen molar-refractivity contribution in [3.05, 3.63) is 77.0 Å². The Morgan fingerprint density at radius 3 is 2.74 bits per heavy atom. The molecule has 2 heterocycles. The van der Waals surface area contributed by atoms with Crippen LogP contribution < -0.4 is 5.48 Å². The van der Waals surface area contributed by atoms with E-state index < -0.39 is 17.0 Å². The molecule has 3 N–H and O–H groups in total. The minimum atomic E-state index is -2.03. The van der Waals surface area contributed by atoms with E-state index in [0.717, 1.165) is 76.2 Å². The number of aromatic nitrogens is 1. The number of amides is 1. The predicted molar refractivity (Wildman–Crippen MR) is 152 cm³/mol. The molecule has 0 spiro atoms. The van der Waals surface area contributed by atoms with E-state index in [-0.39, 0.29) is 5.88 Å². The summed E-state index contributed by atoms with van der Waals surface area (Å²) in [5, 5.41) is 10.0. The van der Waals surface area contributed by atoms with Gasteiger partial charge in [0.05, 0.1) is 5.88 Å². The van der Waals surface area contributed by atoms with Gasteiger partial charge in [0.15, 0.2) is 0 Å². The van der Waals surface area contributed by atoms with Crippen molar-refractivity contribution in [3.63, 3.8) is 0 Å². The molecule has 1 fully saturated rings. The Labute approximate surface area is 231 Å². The Morgan fingerprint density at radius 1 is 1.15 bits per heavy atom. The van der Waals surface area contributed by atoms with E-state index >= 15 is 0 Å². The molecule has 1 amide bonds. The van der Waals surface area contributed by atoms with Crippen LogP contribution >= 0.6 is 0 Å². The summed E-state index contributed by atoms with van der Waals surface area (Å²) in [6, 6.07) is 15.1. The Hall–Kier alpha value is -2.86. The van der Waals surface area contributed by atoms with Crippen molar-refractivity contribution in [2.75, 3.05) is 51.7 Å². The lowest BCUT2D eigenvalue weighted by molar-refractivity contribution is -0.124. The highest BCUT2D eigenvalue weighted by atomic mass is 32.2. The number of hydrogen-bond donors (Lipinski definition) is 3. The van der Waals surface area contributed by atoms with Crippen LogP contribution in [0.15, 0.2) is 54.7 Å². The summed E-state index contributed by atoms with van der Waals surface area (Å²) in [5.41, 5.74) is 7.72. The molecule has 0 radical (unpaired) electrons. The maximum Gasteiger partial charge on any atom is 0.267 e. The molecule has 0 bridgehead atoms. The average molecular weight is 551 g/mol. The molecule has 2 unspecified atom stereocenters. The number of piperazine rings is 1. The number of aromatic amines is 1. The number of H-pyrrole nitrogens is 1. The highest BCUT2D eigenvalue weighted by Crippen LogP contribution is 2.37. The van der Waals surface area contributed by atoms with Gasteiger partial charge in [0.1, 0.15) is 0 Å². The van der Waals surface area contributed by atoms with Gasteiger partial charge in [-0.05, 0) is 64.7 Å². The zero-order valence-electron chi connectivity index (χ0n) is 22.1. The van der Waals surface area contributed by atoms with Crippen molar-refractivity contribution in [1.29, 1.82) is 0 Å². The fraction of sp³-hybridized carbons (Fsp3) is 0.414. The number of nitrogens with zero attached hydrogens (tertiary/aromatic N) is 3. The second-order valence-electron chi connectivity index (χ2n) is 10.4. The molecule has 2 aromatic carbocycles. The van der Waals surface area contributed by atoms with Gasteiger partial charge in [0, 0.05) is 75.0 Å². The maximum absolute atomic E-state index is 11.4. The molecule has 10 heteroatoms. The van der Waals surface area contributed by atoms with Gasteiger partial charge in [-0.15, -0.1) is 0 Å². The number of carbonyl (C=O) groups is 1. The molecule has 1 aliphatic carbocycles. The average Bonchev–Trinajstić information content (AvgIpc) is 3.56. The molecular formula is C29H36N5O4S-. The third-order valence-electron chi connectivity index (χ3n) is 7.99. The van der Waals surface area contributed by atoms with E-state index in [0.29, 0.717) is 6.04 Å². The first-order valence-electron chi connectivity index (χ1n) is 13.5. The van der Waals surface area contributed by atoms with Crippen LogP contribution in [0.5, 0.6) is 0 Å². The fourth-order valence-electron chi connectivity index (χ4n) is 5.89. The first-order chi connectivity index (χ1) is 19.0. The van der Waals surface area contributed by atoms with Gasteiger partial charge >= 0.3 is 0 Å². The summed E-state index contributed by atoms with van der Waals surface area (Å²) < 4.78 is 22.1. The van der Waals surface area contributed by atoms with Crippen LogP contribution in [0.4, 0.5) is 0 Å². The van der Waals surface area contributed by atoms with Gasteiger partial charge in [-0.2, -0.15) is 0 Å². The molecule has 9 nitrogen and oxygen atoms in total. The third-order valence-corrected chi connectivity index (χ3v) is 8.57. The van der Waals surface area contributed by atoms with E-state index in [4.69, 9.17) is 5.21 Å². The number of para-hydroxylation sites is 1. The lowest BCUT2D eigenvalue weighted by Gasteiger charge is -2.37. The number of hydroxylamine groups is 1. The minimum Gasteiger partial charge on any atom is -0.771 e. The van der Waals surface area contributed by atoms with Gasteiger partial charge in [-0.25, -0.2) is 5.48 Å². The van der Waals surface area contributed by atoms with Gasteiger partial charge in [-0.1, -0.05) is 36.4 Å². The Kier molecular flexibility index (Phi) is 9.23. The Bertz CT molecular complexity index is 1330. The van der Waals surface area contributed by atoms with Crippen molar-refractivity contribution in [1.82, 2.24) is 25.2 Å². The summed E-state index contributed by atoms with van der Waals surface area (Å²) in [6.45, 7) is 6.15. The highest BCUT2D eigenvalue weighted by Gasteiger charge is 2.29. The molecular weight excluding hydrogens is 514 g/mol. The molecule has 208 valence electrons. The van der Waals surface area contributed by atoms with Crippen LogP contribution in [0.2, 0.25) is 0 Å². The topological polar surface area (TPSA) is 115 Å². The van der Waals surface area contributed by atoms with Gasteiger partial charge in [0.2, 0.25) is 0 Å². The van der Waals surface area contributed by atoms with Crippen LogP contribution in [0.25, 0.3) is 17.0 Å². The first-order valence-corrected chi connectivity index (χ1v) is 14.8. The highest BCUT2D eigenvalue weighted by molar-refractivity contribution is 7.79. The predicted octanol–water partition coefficient (Wildman–Crippen LogP) is 2.67. The van der Waals surface area contributed by atoms with Gasteiger partial charge in [-0.3, -0.25) is 28.9 Å². The molecule has 39 heavy (non-hydrogen) atoms. The minimum absolute atomic E-state index is 0.116. The molecule has 0 saturated carbocycles. The molecule has 2 atom stereocenters. The molecule has 1 aromatic heterocycles. The van der Waals surface area contributed by atoms with Crippen molar-refractivity contribution in [2.24, 2.45) is 0 Å². The second kappa shape index (κ2) is 13.0. The van der Waals surface area contributed by atoms with Gasteiger partial charge in [0.25, 0.3) is 5.91 Å². The van der Waals surface area contributed by atoms with Crippen LogP contribution in [0, 0.1) is 0 Å². The number of nitrogens with one attached hydrogen (secondary N) is 2. The monoisotopic (exact) mass is 550 g/mol. The lowest BCUT2D eigenvalue weighted by Crippen LogP contribution is -2.49. The molecule has 5 rings (SSSR count). The molecule has 2 aliphatic rings. The summed E-state index contributed by atoms with van der Waals surface area (Å²) >= 11 is -2.03. The van der Waals surface area contributed by atoms with Crippen molar-refractivity contribution < 1.29 is 18.8 Å². The molecule has 1 saturated heterocycles. The SMILES string of the molecule is O=C(C=Cc1ccc2c(c1)CCC2N(CCc1c[nH]c2ccccc12)CCN1CCN(CS(=O)[O-])CC1)NO. The fourth-order valence-corrected chi connectivity index (χ4v) is 6.45. The van der Waals surface area contributed by atoms with Crippen LogP contribution in [0.1, 0.15) is 34.7 Å². The van der Waals surface area contributed by atoms with Crippen LogP contribution in [-0.4, -0.2) is 91.2 Å². The van der Waals surface area contributed by atoms with E-state index in [1.807, 2.05) is 11.0 Å². The number of benzene rings is 2. The summed E-state index contributed by atoms with van der Waals surface area (Å²) in [6.07, 6.45) is 8.17. The standard InChI is InChI=1S/C29H37N5O4S/c35-29(31-36)10-6-22-5-8-26-23(19-22)7-9-28(26)34(12-11-24-20-30-27-4-2-1-3-25(24)27)18-17-32-13-15-33(16-14-32)21-39(37)38/h1-6,8,10,19-20,28,30,36H,7,9,11-18,21H2,(H,31,35)(H,37,38)/p-1. The molecule has 3 aromatic rings. The van der Waals surface area contributed by atoms with Crippen LogP contribution in [-0.2, 0) is 28.7 Å². The number of fused-ring (bicyclic) bond motifs is 2. The number of aryl methyl sites for hydroxylation is 1. The largest absolute Gasteiger partial charge is 0.771 e. The maximum atomic E-state index is 11.4. The number of carbonyl (C=O) groups excluding carboxylic acids is 1. The smallest absolute Gasteiger partial charge is 0.267 e. The van der Waals surface area contributed by atoms with Crippen molar-refractivity contribution in [2.45, 2.75) is 25.3 Å². The summed E-state index contributed by atoms with van der Waals surface area (Å²) in [4.78, 5) is 21.8. The number of rotatable bonds is 11. The molecule has 1 aliphatic heterocycles. The van der Waals surface area contributed by atoms with E-state index in [2.05, 4.69) is 57.4 Å².